The number of halogens is 2. The summed E-state index contributed by atoms with van der Waals surface area (Å²) in [5.41, 5.74) is 4.81. The van der Waals surface area contributed by atoms with Crippen LogP contribution in [0.5, 0.6) is 0 Å². The van der Waals surface area contributed by atoms with Gasteiger partial charge in [0.1, 0.15) is 11.6 Å². The van der Waals surface area contributed by atoms with Crippen molar-refractivity contribution < 1.29 is 13.6 Å². The van der Waals surface area contributed by atoms with Crippen LogP contribution in [0, 0.1) is 25.5 Å². The Morgan fingerprint density at radius 3 is 2.68 bits per heavy atom. The average molecular weight is 523 g/mol. The number of benzene rings is 1. The van der Waals surface area contributed by atoms with Crippen LogP contribution < -0.4 is 10.2 Å². The van der Waals surface area contributed by atoms with E-state index in [4.69, 9.17) is 4.98 Å². The number of pyridine rings is 1. The molecule has 0 spiro atoms. The van der Waals surface area contributed by atoms with Crippen LogP contribution >= 0.6 is 0 Å². The lowest BCUT2D eigenvalue weighted by Crippen LogP contribution is -2.59. The van der Waals surface area contributed by atoms with Crippen molar-refractivity contribution in [3.05, 3.63) is 76.4 Å². The van der Waals surface area contributed by atoms with Crippen LogP contribution in [0.15, 0.2) is 36.7 Å². The van der Waals surface area contributed by atoms with Crippen molar-refractivity contribution in [1.82, 2.24) is 25.0 Å². The maximum atomic E-state index is 14.3. The van der Waals surface area contributed by atoms with Gasteiger partial charge in [0.05, 0.1) is 30.7 Å². The molecule has 1 fully saturated rings. The molecule has 202 valence electrons. The summed E-state index contributed by atoms with van der Waals surface area (Å²) >= 11 is 0. The monoisotopic (exact) mass is 522 g/mol. The summed E-state index contributed by atoms with van der Waals surface area (Å²) in [6.45, 7) is 13.5. The zero-order valence-electron chi connectivity index (χ0n) is 22.8. The van der Waals surface area contributed by atoms with Crippen LogP contribution in [-0.4, -0.2) is 63.8 Å². The van der Waals surface area contributed by atoms with Crippen molar-refractivity contribution in [1.29, 1.82) is 0 Å². The molecule has 1 amide bonds. The second-order valence-electron chi connectivity index (χ2n) is 11.5. The van der Waals surface area contributed by atoms with Crippen LogP contribution in [-0.2, 0) is 23.2 Å². The highest BCUT2D eigenvalue weighted by Gasteiger charge is 2.40. The Morgan fingerprint density at radius 2 is 1.97 bits per heavy atom. The average Bonchev–Trinajstić information content (AvgIpc) is 3.32. The van der Waals surface area contributed by atoms with Gasteiger partial charge in [-0.05, 0) is 49.6 Å². The summed E-state index contributed by atoms with van der Waals surface area (Å²) in [7, 11) is 0. The first-order valence-corrected chi connectivity index (χ1v) is 13.2. The fraction of sp³-hybridized carbons (Fsp3) is 0.483. The zero-order valence-corrected chi connectivity index (χ0v) is 22.8. The molecular formula is C29H36F2N6O. The molecule has 7 nitrogen and oxygen atoms in total. The molecule has 2 aliphatic rings. The van der Waals surface area contributed by atoms with E-state index in [9.17, 15) is 13.6 Å². The van der Waals surface area contributed by atoms with Gasteiger partial charge in [-0.2, -0.15) is 5.10 Å². The molecule has 38 heavy (non-hydrogen) atoms. The molecule has 2 atom stereocenters. The second kappa shape index (κ2) is 10.2. The normalized spacial score (nSPS) is 21.1. The molecular weight excluding hydrogens is 486 g/mol. The third-order valence-corrected chi connectivity index (χ3v) is 7.92. The maximum absolute atomic E-state index is 14.3. The molecule has 4 heterocycles. The first kappa shape index (κ1) is 26.4. The minimum atomic E-state index is -0.602. The van der Waals surface area contributed by atoms with Gasteiger partial charge in [-0.25, -0.2) is 8.78 Å². The molecule has 5 rings (SSSR count). The maximum Gasteiger partial charge on any atom is 0.241 e. The SMILES string of the molecule is Cc1cnn(C[C@H]2CN[C@H](C)CN2CC(=O)N2CC(C)(C)c3ncc(Cc4ccc(F)cc4F)cc32)c1C. The number of carbonyl (C=O) groups excluding carboxylic acids is 1. The number of anilines is 1. The standard InChI is InChI=1S/C29H36F2N6O/c1-18-11-34-37(20(18)3)15-24-13-32-19(2)14-35(24)16-27(38)36-17-29(4,5)28-26(36)9-21(12-33-28)8-22-6-7-23(30)10-25(22)31/h6-7,9-12,19,24,32H,8,13-17H2,1-5H3/t19-,24-/m1/s1. The minimum absolute atomic E-state index is 0.0243. The fourth-order valence-electron chi connectivity index (χ4n) is 5.57. The van der Waals surface area contributed by atoms with Gasteiger partial charge >= 0.3 is 0 Å². The Kier molecular flexibility index (Phi) is 7.09. The Labute approximate surface area is 222 Å². The highest BCUT2D eigenvalue weighted by atomic mass is 19.1. The van der Waals surface area contributed by atoms with Gasteiger partial charge in [-0.15, -0.1) is 0 Å². The molecule has 0 radical (unpaired) electrons. The zero-order chi connectivity index (χ0) is 27.2. The molecule has 3 aromatic rings. The van der Waals surface area contributed by atoms with Gasteiger partial charge in [0.15, 0.2) is 0 Å². The van der Waals surface area contributed by atoms with Crippen molar-refractivity contribution in [2.75, 3.05) is 31.1 Å². The molecule has 0 saturated carbocycles. The predicted octanol–water partition coefficient (Wildman–Crippen LogP) is 3.75. The Morgan fingerprint density at radius 1 is 1.18 bits per heavy atom. The summed E-state index contributed by atoms with van der Waals surface area (Å²) in [5, 5.41) is 8.08. The molecule has 0 aliphatic carbocycles. The molecule has 1 saturated heterocycles. The Bertz CT molecular complexity index is 1350. The van der Waals surface area contributed by atoms with E-state index >= 15 is 0 Å². The summed E-state index contributed by atoms with van der Waals surface area (Å²) in [6.07, 6.45) is 3.89. The van der Waals surface area contributed by atoms with Gasteiger partial charge in [0.2, 0.25) is 5.91 Å². The summed E-state index contributed by atoms with van der Waals surface area (Å²) in [5.74, 6) is -1.16. The first-order chi connectivity index (χ1) is 18.0. The van der Waals surface area contributed by atoms with Gasteiger partial charge in [-0.1, -0.05) is 19.9 Å². The number of hydrogen-bond donors (Lipinski definition) is 1. The van der Waals surface area contributed by atoms with Crippen LogP contribution in [0.4, 0.5) is 14.5 Å². The number of carbonyl (C=O) groups is 1. The number of rotatable bonds is 6. The van der Waals surface area contributed by atoms with E-state index in [0.29, 0.717) is 25.2 Å². The van der Waals surface area contributed by atoms with Crippen LogP contribution in [0.1, 0.15) is 48.8 Å². The lowest BCUT2D eigenvalue weighted by atomic mass is 9.91. The topological polar surface area (TPSA) is 66.3 Å². The minimum Gasteiger partial charge on any atom is -0.311 e. The van der Waals surface area contributed by atoms with Crippen LogP contribution in [0.2, 0.25) is 0 Å². The van der Waals surface area contributed by atoms with Gasteiger partial charge < -0.3 is 10.2 Å². The molecule has 1 N–H and O–H groups in total. The van der Waals surface area contributed by atoms with Crippen molar-refractivity contribution in [2.45, 2.75) is 65.1 Å². The third kappa shape index (κ3) is 5.22. The smallest absolute Gasteiger partial charge is 0.241 e. The number of amides is 1. The third-order valence-electron chi connectivity index (χ3n) is 7.92. The summed E-state index contributed by atoms with van der Waals surface area (Å²) in [4.78, 5) is 22.6. The largest absolute Gasteiger partial charge is 0.311 e. The van der Waals surface area contributed by atoms with Gasteiger partial charge in [-0.3, -0.25) is 19.4 Å². The Balaban J connectivity index is 1.37. The lowest BCUT2D eigenvalue weighted by molar-refractivity contribution is -0.120. The number of nitrogens with one attached hydrogen (secondary N) is 1. The number of aryl methyl sites for hydroxylation is 1. The molecule has 0 unspecified atom stereocenters. The molecule has 9 heteroatoms. The van der Waals surface area contributed by atoms with Crippen molar-refractivity contribution in [3.8, 4) is 0 Å². The number of aromatic nitrogens is 3. The van der Waals surface area contributed by atoms with E-state index in [0.717, 1.165) is 47.4 Å². The summed E-state index contributed by atoms with van der Waals surface area (Å²) in [6, 6.07) is 5.96. The van der Waals surface area contributed by atoms with Crippen LogP contribution in [0.25, 0.3) is 0 Å². The quantitative estimate of drug-likeness (QED) is 0.534. The van der Waals surface area contributed by atoms with Gasteiger partial charge in [0.25, 0.3) is 0 Å². The number of piperazine rings is 1. The van der Waals surface area contributed by atoms with Crippen molar-refractivity contribution in [2.24, 2.45) is 0 Å². The van der Waals surface area contributed by atoms with E-state index in [1.54, 1.807) is 6.20 Å². The van der Waals surface area contributed by atoms with E-state index in [-0.39, 0.29) is 29.8 Å². The lowest BCUT2D eigenvalue weighted by Gasteiger charge is -2.39. The van der Waals surface area contributed by atoms with Crippen LogP contribution in [0.3, 0.4) is 0 Å². The highest BCUT2D eigenvalue weighted by Crippen LogP contribution is 2.40. The van der Waals surface area contributed by atoms with Gasteiger partial charge in [0, 0.05) is 61.5 Å². The number of nitrogens with zero attached hydrogens (tertiary/aromatic N) is 5. The first-order valence-electron chi connectivity index (χ1n) is 13.2. The molecule has 2 aromatic heterocycles. The highest BCUT2D eigenvalue weighted by molar-refractivity contribution is 5.97. The predicted molar refractivity (Wildman–Crippen MR) is 143 cm³/mol. The molecule has 0 bridgehead atoms. The fourth-order valence-corrected chi connectivity index (χ4v) is 5.57. The van der Waals surface area contributed by atoms with E-state index in [2.05, 4.69) is 49.9 Å². The van der Waals surface area contributed by atoms with E-state index < -0.39 is 11.6 Å². The van der Waals surface area contributed by atoms with E-state index in [1.807, 2.05) is 21.8 Å². The molecule has 1 aromatic carbocycles. The molecule has 2 aliphatic heterocycles. The number of hydrogen-bond acceptors (Lipinski definition) is 5. The van der Waals surface area contributed by atoms with Crippen molar-refractivity contribution in [3.63, 3.8) is 0 Å². The second-order valence-corrected chi connectivity index (χ2v) is 11.5. The van der Waals surface area contributed by atoms with E-state index in [1.165, 1.54) is 12.1 Å². The number of fused-ring (bicyclic) bond motifs is 1. The Hall–Kier alpha value is -3.17. The summed E-state index contributed by atoms with van der Waals surface area (Å²) < 4.78 is 29.7. The van der Waals surface area contributed by atoms with Crippen molar-refractivity contribution >= 4 is 11.6 Å².